The van der Waals surface area contributed by atoms with Crippen molar-refractivity contribution in [2.75, 3.05) is 5.73 Å². The molecule has 3 aromatic carbocycles. The van der Waals surface area contributed by atoms with Gasteiger partial charge in [-0.3, -0.25) is 0 Å². The monoisotopic (exact) mass is 405 g/mol. The lowest BCUT2D eigenvalue weighted by molar-refractivity contribution is 0.447. The highest BCUT2D eigenvalue weighted by Crippen LogP contribution is 2.40. The molecule has 0 bridgehead atoms. The largest absolute Gasteiger partial charge is 0.505 e. The normalized spacial score (nSPS) is 11.9. The molecule has 0 unspecified atom stereocenters. The first kappa shape index (κ1) is 20.9. The van der Waals surface area contributed by atoms with Crippen molar-refractivity contribution in [1.29, 1.82) is 0 Å². The molecule has 0 heterocycles. The van der Waals surface area contributed by atoms with Crippen LogP contribution in [0, 0.1) is 13.8 Å². The van der Waals surface area contributed by atoms with Crippen molar-refractivity contribution in [1.82, 2.24) is 0 Å². The van der Waals surface area contributed by atoms with Crippen molar-refractivity contribution in [3.05, 3.63) is 71.3 Å². The first-order valence-corrected chi connectivity index (χ1v) is 10.3. The van der Waals surface area contributed by atoms with E-state index in [9.17, 15) is 5.11 Å². The number of nitrogens with two attached hydrogens (primary N) is 1. The van der Waals surface area contributed by atoms with Gasteiger partial charge in [0.1, 0.15) is 17.1 Å². The van der Waals surface area contributed by atoms with Crippen LogP contribution in [-0.2, 0) is 5.41 Å². The van der Waals surface area contributed by atoms with Crippen LogP contribution in [0.15, 0.2) is 74.6 Å². The van der Waals surface area contributed by atoms with E-state index in [1.165, 1.54) is 5.56 Å². The third-order valence-electron chi connectivity index (χ3n) is 4.56. The molecule has 0 saturated heterocycles. The number of aryl methyl sites for hydroxylation is 2. The van der Waals surface area contributed by atoms with E-state index >= 15 is 0 Å². The van der Waals surface area contributed by atoms with E-state index in [0.717, 1.165) is 20.9 Å². The predicted molar refractivity (Wildman–Crippen MR) is 122 cm³/mol. The fourth-order valence-electron chi connectivity index (χ4n) is 2.94. The number of rotatable bonds is 4. The number of hydrogen-bond acceptors (Lipinski definition) is 5. The van der Waals surface area contributed by atoms with Crippen LogP contribution in [0.4, 0.5) is 17.1 Å². The number of hydrogen-bond donors (Lipinski definition) is 2. The Labute approximate surface area is 176 Å². The Morgan fingerprint density at radius 3 is 2.03 bits per heavy atom. The zero-order valence-corrected chi connectivity index (χ0v) is 18.3. The van der Waals surface area contributed by atoms with Gasteiger partial charge in [-0.1, -0.05) is 56.3 Å². The maximum absolute atomic E-state index is 10.6. The van der Waals surface area contributed by atoms with Gasteiger partial charge < -0.3 is 10.8 Å². The van der Waals surface area contributed by atoms with Crippen LogP contribution in [-0.4, -0.2) is 5.11 Å². The summed E-state index contributed by atoms with van der Waals surface area (Å²) in [5.41, 5.74) is 10.7. The molecule has 0 spiro atoms. The van der Waals surface area contributed by atoms with Gasteiger partial charge in [-0.15, -0.1) is 10.2 Å². The summed E-state index contributed by atoms with van der Waals surface area (Å²) in [4.78, 5) is 2.20. The van der Waals surface area contributed by atoms with Crippen LogP contribution in [0.25, 0.3) is 0 Å². The standard InChI is InChI=1S/C24H27N3OS/c1-15-6-8-17(9-7-15)29-18-10-11-21(20(25)14-18)26-27-22-13-16(2)12-19(23(22)28)24(3,4)5/h6-14,28H,25H2,1-5H3. The second-order valence-electron chi connectivity index (χ2n) is 8.27. The molecule has 3 N–H and O–H groups in total. The number of nitrogens with zero attached hydrogens (tertiary/aromatic N) is 2. The van der Waals surface area contributed by atoms with Crippen LogP contribution in [0.1, 0.15) is 37.5 Å². The topological polar surface area (TPSA) is 71.0 Å². The average Bonchev–Trinajstić information content (AvgIpc) is 2.64. The maximum Gasteiger partial charge on any atom is 0.146 e. The van der Waals surface area contributed by atoms with Gasteiger partial charge in [-0.05, 0) is 61.2 Å². The second kappa shape index (κ2) is 8.29. The van der Waals surface area contributed by atoms with E-state index < -0.39 is 0 Å². The number of azo groups is 1. The van der Waals surface area contributed by atoms with Crippen LogP contribution in [0.2, 0.25) is 0 Å². The molecule has 150 valence electrons. The molecular weight excluding hydrogens is 378 g/mol. The molecule has 0 fully saturated rings. The third-order valence-corrected chi connectivity index (χ3v) is 5.56. The number of aromatic hydroxyl groups is 1. The molecule has 0 aliphatic carbocycles. The zero-order valence-electron chi connectivity index (χ0n) is 17.5. The lowest BCUT2D eigenvalue weighted by Gasteiger charge is -2.21. The number of nitrogen functional groups attached to an aromatic ring is 1. The van der Waals surface area contributed by atoms with Gasteiger partial charge in [-0.2, -0.15) is 0 Å². The Balaban J connectivity index is 1.84. The van der Waals surface area contributed by atoms with Crippen molar-refractivity contribution in [2.24, 2.45) is 10.2 Å². The van der Waals surface area contributed by atoms with Crippen molar-refractivity contribution < 1.29 is 5.11 Å². The van der Waals surface area contributed by atoms with Gasteiger partial charge in [0.05, 0.1) is 5.69 Å². The number of anilines is 1. The summed E-state index contributed by atoms with van der Waals surface area (Å²) >= 11 is 1.65. The summed E-state index contributed by atoms with van der Waals surface area (Å²) in [6.45, 7) is 10.2. The zero-order chi connectivity index (χ0) is 21.2. The lowest BCUT2D eigenvalue weighted by atomic mass is 9.85. The Morgan fingerprint density at radius 2 is 1.41 bits per heavy atom. The Kier molecular flexibility index (Phi) is 5.99. The van der Waals surface area contributed by atoms with E-state index in [2.05, 4.69) is 62.2 Å². The van der Waals surface area contributed by atoms with Gasteiger partial charge in [0.15, 0.2) is 0 Å². The van der Waals surface area contributed by atoms with Gasteiger partial charge in [0.2, 0.25) is 0 Å². The number of phenols is 1. The summed E-state index contributed by atoms with van der Waals surface area (Å²) in [7, 11) is 0. The van der Waals surface area contributed by atoms with Crippen LogP contribution < -0.4 is 5.73 Å². The highest BCUT2D eigenvalue weighted by atomic mass is 32.2. The first-order valence-electron chi connectivity index (χ1n) is 9.53. The molecular formula is C24H27N3OS. The quantitative estimate of drug-likeness (QED) is 0.349. The minimum absolute atomic E-state index is 0.164. The summed E-state index contributed by atoms with van der Waals surface area (Å²) in [6, 6.07) is 17.9. The van der Waals surface area contributed by atoms with Crippen LogP contribution >= 0.6 is 11.8 Å². The molecule has 4 nitrogen and oxygen atoms in total. The smallest absolute Gasteiger partial charge is 0.146 e. The minimum Gasteiger partial charge on any atom is -0.505 e. The number of benzene rings is 3. The van der Waals surface area contributed by atoms with Crippen molar-refractivity contribution in [2.45, 2.75) is 49.8 Å². The molecule has 3 aromatic rings. The van der Waals surface area contributed by atoms with E-state index in [0.29, 0.717) is 17.1 Å². The summed E-state index contributed by atoms with van der Waals surface area (Å²) < 4.78 is 0. The molecule has 0 amide bonds. The van der Waals surface area contributed by atoms with E-state index in [1.807, 2.05) is 37.3 Å². The van der Waals surface area contributed by atoms with Gasteiger partial charge in [-0.25, -0.2) is 0 Å². The molecule has 0 radical (unpaired) electrons. The van der Waals surface area contributed by atoms with Crippen molar-refractivity contribution >= 4 is 28.8 Å². The summed E-state index contributed by atoms with van der Waals surface area (Å²) in [5.74, 6) is 0.164. The number of phenolic OH excluding ortho intramolecular Hbond substituents is 1. The average molecular weight is 406 g/mol. The van der Waals surface area contributed by atoms with Gasteiger partial charge in [0, 0.05) is 15.4 Å². The summed E-state index contributed by atoms with van der Waals surface area (Å²) in [5, 5.41) is 19.2. The molecule has 5 heteroatoms. The second-order valence-corrected chi connectivity index (χ2v) is 9.41. The highest BCUT2D eigenvalue weighted by molar-refractivity contribution is 7.99. The van der Waals surface area contributed by atoms with Gasteiger partial charge in [0.25, 0.3) is 0 Å². The SMILES string of the molecule is Cc1ccc(Sc2ccc(N=Nc3cc(C)cc(C(C)(C)C)c3O)c(N)c2)cc1. The first-order chi connectivity index (χ1) is 13.6. The lowest BCUT2D eigenvalue weighted by Crippen LogP contribution is -2.11. The molecule has 3 rings (SSSR count). The predicted octanol–water partition coefficient (Wildman–Crippen LogP) is 7.46. The van der Waals surface area contributed by atoms with E-state index in [1.54, 1.807) is 11.8 Å². The van der Waals surface area contributed by atoms with E-state index in [-0.39, 0.29) is 11.2 Å². The maximum atomic E-state index is 10.6. The van der Waals surface area contributed by atoms with Crippen molar-refractivity contribution in [3.63, 3.8) is 0 Å². The van der Waals surface area contributed by atoms with Crippen LogP contribution in [0.3, 0.4) is 0 Å². The van der Waals surface area contributed by atoms with Crippen LogP contribution in [0.5, 0.6) is 5.75 Å². The molecule has 0 aromatic heterocycles. The fourth-order valence-corrected chi connectivity index (χ4v) is 3.81. The Bertz CT molecular complexity index is 1050. The van der Waals surface area contributed by atoms with E-state index in [4.69, 9.17) is 5.73 Å². The minimum atomic E-state index is -0.186. The van der Waals surface area contributed by atoms with Crippen molar-refractivity contribution in [3.8, 4) is 5.75 Å². The molecule has 29 heavy (non-hydrogen) atoms. The molecule has 0 aliphatic rings. The molecule has 0 aliphatic heterocycles. The summed E-state index contributed by atoms with van der Waals surface area (Å²) in [6.07, 6.45) is 0. The molecule has 0 atom stereocenters. The third kappa shape index (κ3) is 5.18. The highest BCUT2D eigenvalue weighted by Gasteiger charge is 2.20. The molecule has 0 saturated carbocycles. The fraction of sp³-hybridized carbons (Fsp3) is 0.250. The van der Waals surface area contributed by atoms with Gasteiger partial charge >= 0.3 is 0 Å². The Morgan fingerprint density at radius 1 is 0.793 bits per heavy atom. The Hall–Kier alpha value is -2.79.